The molecule has 0 unspecified atom stereocenters. The molecule has 0 radical (unpaired) electrons. The summed E-state index contributed by atoms with van der Waals surface area (Å²) in [6, 6.07) is 0. The highest BCUT2D eigenvalue weighted by Gasteiger charge is 2.52. The molecule has 0 saturated heterocycles. The van der Waals surface area contributed by atoms with Crippen molar-refractivity contribution in [1.82, 2.24) is 4.90 Å². The zero-order valence-electron chi connectivity index (χ0n) is 10.4. The van der Waals surface area contributed by atoms with Gasteiger partial charge in [-0.15, -0.1) is 0 Å². The smallest absolute Gasteiger partial charge is 0.319 e. The number of carboxylic acids is 1. The van der Waals surface area contributed by atoms with Gasteiger partial charge in [-0.05, 0) is 31.6 Å². The van der Waals surface area contributed by atoms with Crippen molar-refractivity contribution in [1.29, 1.82) is 0 Å². The number of amides is 1. The molecule has 4 heteroatoms. The first-order valence-corrected chi connectivity index (χ1v) is 6.55. The zero-order chi connectivity index (χ0) is 12.5. The highest BCUT2D eigenvalue weighted by atomic mass is 16.4. The third-order valence-corrected chi connectivity index (χ3v) is 4.38. The van der Waals surface area contributed by atoms with Gasteiger partial charge in [0.2, 0.25) is 5.91 Å². The first kappa shape index (κ1) is 12.4. The van der Waals surface area contributed by atoms with Gasteiger partial charge in [0, 0.05) is 13.6 Å². The fourth-order valence-electron chi connectivity index (χ4n) is 3.08. The van der Waals surface area contributed by atoms with Crippen LogP contribution in [0.5, 0.6) is 0 Å². The Morgan fingerprint density at radius 3 is 2.24 bits per heavy atom. The molecule has 2 aliphatic carbocycles. The van der Waals surface area contributed by atoms with E-state index in [4.69, 9.17) is 0 Å². The molecular formula is C13H21NO3. The van der Waals surface area contributed by atoms with Crippen molar-refractivity contribution >= 4 is 11.9 Å². The van der Waals surface area contributed by atoms with Gasteiger partial charge in [-0.3, -0.25) is 9.59 Å². The number of carboxylic acid groups (broad SMARTS) is 1. The summed E-state index contributed by atoms with van der Waals surface area (Å²) in [4.78, 5) is 25.1. The quantitative estimate of drug-likeness (QED) is 0.762. The van der Waals surface area contributed by atoms with Crippen LogP contribution < -0.4 is 0 Å². The molecule has 2 saturated carbocycles. The monoisotopic (exact) mass is 239 g/mol. The minimum Gasteiger partial charge on any atom is -0.480 e. The van der Waals surface area contributed by atoms with Crippen molar-refractivity contribution in [2.45, 2.75) is 44.9 Å². The van der Waals surface area contributed by atoms with Crippen LogP contribution in [0.25, 0.3) is 0 Å². The molecule has 0 aromatic rings. The lowest BCUT2D eigenvalue weighted by atomic mass is 9.67. The van der Waals surface area contributed by atoms with Gasteiger partial charge in [0.05, 0.1) is 0 Å². The van der Waals surface area contributed by atoms with Crippen molar-refractivity contribution < 1.29 is 14.7 Å². The summed E-state index contributed by atoms with van der Waals surface area (Å²) >= 11 is 0. The van der Waals surface area contributed by atoms with Crippen molar-refractivity contribution in [3.8, 4) is 0 Å². The lowest BCUT2D eigenvalue weighted by molar-refractivity contribution is -0.167. The second kappa shape index (κ2) is 4.67. The number of aliphatic carboxylic acids is 1. The molecule has 4 nitrogen and oxygen atoms in total. The summed E-state index contributed by atoms with van der Waals surface area (Å²) in [5.41, 5.74) is -1.09. The molecule has 0 aromatic carbocycles. The van der Waals surface area contributed by atoms with Gasteiger partial charge >= 0.3 is 5.97 Å². The summed E-state index contributed by atoms with van der Waals surface area (Å²) < 4.78 is 0. The minimum absolute atomic E-state index is 0.178. The van der Waals surface area contributed by atoms with Crippen molar-refractivity contribution in [3.63, 3.8) is 0 Å². The van der Waals surface area contributed by atoms with E-state index in [0.29, 0.717) is 18.8 Å². The molecule has 2 aliphatic rings. The summed E-state index contributed by atoms with van der Waals surface area (Å²) in [6.45, 7) is 0.730. The van der Waals surface area contributed by atoms with Crippen LogP contribution in [0.2, 0.25) is 0 Å². The Labute approximate surface area is 102 Å². The van der Waals surface area contributed by atoms with E-state index in [9.17, 15) is 14.7 Å². The van der Waals surface area contributed by atoms with E-state index < -0.39 is 11.4 Å². The molecule has 0 spiro atoms. The van der Waals surface area contributed by atoms with Gasteiger partial charge in [0.1, 0.15) is 5.41 Å². The number of carbonyl (C=O) groups excluding carboxylic acids is 1. The minimum atomic E-state index is -1.09. The SMILES string of the molecule is CN(CC1CCCC1)C(=O)C1(C(=O)O)CCC1. The van der Waals surface area contributed by atoms with Gasteiger partial charge in [-0.25, -0.2) is 0 Å². The van der Waals surface area contributed by atoms with Crippen LogP contribution in [0.1, 0.15) is 44.9 Å². The second-order valence-electron chi connectivity index (χ2n) is 5.58. The summed E-state index contributed by atoms with van der Waals surface area (Å²) in [7, 11) is 1.75. The van der Waals surface area contributed by atoms with E-state index in [1.54, 1.807) is 11.9 Å². The number of rotatable bonds is 4. The molecular weight excluding hydrogens is 218 g/mol. The van der Waals surface area contributed by atoms with E-state index in [0.717, 1.165) is 13.0 Å². The molecule has 0 aromatic heterocycles. The van der Waals surface area contributed by atoms with Gasteiger partial charge < -0.3 is 10.0 Å². The molecule has 17 heavy (non-hydrogen) atoms. The highest BCUT2D eigenvalue weighted by molar-refractivity contribution is 6.02. The van der Waals surface area contributed by atoms with E-state index >= 15 is 0 Å². The maximum atomic E-state index is 12.2. The van der Waals surface area contributed by atoms with Crippen molar-refractivity contribution in [2.24, 2.45) is 11.3 Å². The molecule has 0 aliphatic heterocycles. The topological polar surface area (TPSA) is 57.6 Å². The Morgan fingerprint density at radius 1 is 1.24 bits per heavy atom. The molecule has 2 fully saturated rings. The lowest BCUT2D eigenvalue weighted by Gasteiger charge is -2.39. The molecule has 2 rings (SSSR count). The predicted octanol–water partition coefficient (Wildman–Crippen LogP) is 1.89. The molecule has 0 heterocycles. The largest absolute Gasteiger partial charge is 0.480 e. The maximum absolute atomic E-state index is 12.2. The third-order valence-electron chi connectivity index (χ3n) is 4.38. The van der Waals surface area contributed by atoms with Gasteiger partial charge in [-0.2, -0.15) is 0 Å². The lowest BCUT2D eigenvalue weighted by Crippen LogP contribution is -2.52. The van der Waals surface area contributed by atoms with E-state index in [-0.39, 0.29) is 5.91 Å². The van der Waals surface area contributed by atoms with Crippen LogP contribution in [0, 0.1) is 11.3 Å². The van der Waals surface area contributed by atoms with Gasteiger partial charge in [0.25, 0.3) is 0 Å². The van der Waals surface area contributed by atoms with Crippen LogP contribution in [-0.2, 0) is 9.59 Å². The zero-order valence-corrected chi connectivity index (χ0v) is 10.4. The Kier molecular flexibility index (Phi) is 3.40. The average Bonchev–Trinajstić information content (AvgIpc) is 2.67. The second-order valence-corrected chi connectivity index (χ2v) is 5.58. The first-order chi connectivity index (χ1) is 8.06. The fourth-order valence-corrected chi connectivity index (χ4v) is 3.08. The number of nitrogens with zero attached hydrogens (tertiary/aromatic N) is 1. The van der Waals surface area contributed by atoms with Crippen molar-refractivity contribution in [3.05, 3.63) is 0 Å². The summed E-state index contributed by atoms with van der Waals surface area (Å²) in [5, 5.41) is 9.22. The maximum Gasteiger partial charge on any atom is 0.319 e. The number of hydrogen-bond donors (Lipinski definition) is 1. The van der Waals surface area contributed by atoms with Crippen LogP contribution in [0.3, 0.4) is 0 Å². The first-order valence-electron chi connectivity index (χ1n) is 6.55. The van der Waals surface area contributed by atoms with Crippen LogP contribution in [0.4, 0.5) is 0 Å². The molecule has 0 atom stereocenters. The molecule has 96 valence electrons. The molecule has 0 bridgehead atoms. The molecule has 1 N–H and O–H groups in total. The van der Waals surface area contributed by atoms with Crippen LogP contribution in [-0.4, -0.2) is 35.5 Å². The molecule has 1 amide bonds. The summed E-state index contributed by atoms with van der Waals surface area (Å²) in [5.74, 6) is -0.537. The normalized spacial score (nSPS) is 23.1. The Balaban J connectivity index is 1.96. The van der Waals surface area contributed by atoms with E-state index in [1.165, 1.54) is 25.7 Å². The van der Waals surface area contributed by atoms with Gasteiger partial charge in [-0.1, -0.05) is 19.3 Å². The predicted molar refractivity (Wildman–Crippen MR) is 63.5 cm³/mol. The Bertz CT molecular complexity index is 317. The summed E-state index contributed by atoms with van der Waals surface area (Å²) in [6.07, 6.45) is 6.73. The number of hydrogen-bond acceptors (Lipinski definition) is 2. The van der Waals surface area contributed by atoms with Crippen LogP contribution in [0.15, 0.2) is 0 Å². The van der Waals surface area contributed by atoms with E-state index in [2.05, 4.69) is 0 Å². The standard InChI is InChI=1S/C13H21NO3/c1-14(9-10-5-2-3-6-10)11(15)13(12(16)17)7-4-8-13/h10H,2-9H2,1H3,(H,16,17). The van der Waals surface area contributed by atoms with Gasteiger partial charge in [0.15, 0.2) is 0 Å². The average molecular weight is 239 g/mol. The van der Waals surface area contributed by atoms with E-state index in [1.807, 2.05) is 0 Å². The fraction of sp³-hybridized carbons (Fsp3) is 0.846. The Morgan fingerprint density at radius 2 is 1.82 bits per heavy atom. The third kappa shape index (κ3) is 2.17. The Hall–Kier alpha value is -1.06. The number of carbonyl (C=O) groups is 2. The highest BCUT2D eigenvalue weighted by Crippen LogP contribution is 2.43. The van der Waals surface area contributed by atoms with Crippen molar-refractivity contribution in [2.75, 3.05) is 13.6 Å². The van der Waals surface area contributed by atoms with Crippen LogP contribution >= 0.6 is 0 Å².